The number of amides is 1. The zero-order valence-electron chi connectivity index (χ0n) is 17.6. The largest absolute Gasteiger partial charge is 0.490 e. The number of nitrogens with zero attached hydrogens (tertiary/aromatic N) is 2. The van der Waals surface area contributed by atoms with Crippen LogP contribution in [0.4, 0.5) is 18.9 Å². The van der Waals surface area contributed by atoms with Crippen LogP contribution in [0.2, 0.25) is 0 Å². The van der Waals surface area contributed by atoms with Crippen LogP contribution in [0.5, 0.6) is 0 Å². The summed E-state index contributed by atoms with van der Waals surface area (Å²) in [6, 6.07) is 8.73. The zero-order chi connectivity index (χ0) is 24.9. The van der Waals surface area contributed by atoms with Gasteiger partial charge in [-0.15, -0.1) is 0 Å². The molecule has 1 aliphatic heterocycles. The Labute approximate surface area is 189 Å². The highest BCUT2D eigenvalue weighted by molar-refractivity contribution is 5.92. The number of aromatic amines is 1. The molecule has 1 aromatic carbocycles. The second-order valence-electron chi connectivity index (χ2n) is 7.43. The first-order chi connectivity index (χ1) is 16.1. The van der Waals surface area contributed by atoms with Crippen LogP contribution in [0.3, 0.4) is 0 Å². The van der Waals surface area contributed by atoms with E-state index in [1.54, 1.807) is 42.7 Å². The van der Waals surface area contributed by atoms with Gasteiger partial charge in [0.05, 0.1) is 35.2 Å². The standard InChI is InChI=1S/C19H19N5O3.C2HF3O2/c25-17(13-5-6-20-9-13)22-14-7-12(8-21-10-14)11-24-16-4-2-1-3-15(16)18(26)23-19(24)27;3-2(4,5)1(6)7/h1-4,7-8,10,13,20H,5-6,9,11H2,(H,22,25)(H,23,26,27);(H,6,7)/t13-;/m0./s1. The maximum absolute atomic E-state index is 12.3. The van der Waals surface area contributed by atoms with Gasteiger partial charge in [0.15, 0.2) is 0 Å². The molecule has 0 aliphatic carbocycles. The molecule has 1 aliphatic rings. The average Bonchev–Trinajstić information content (AvgIpc) is 3.32. The number of H-pyrrole nitrogens is 1. The van der Waals surface area contributed by atoms with E-state index in [1.165, 1.54) is 4.57 Å². The lowest BCUT2D eigenvalue weighted by Crippen LogP contribution is -2.30. The number of anilines is 1. The molecule has 34 heavy (non-hydrogen) atoms. The number of hydrogen-bond acceptors (Lipinski definition) is 6. The molecule has 1 saturated heterocycles. The molecule has 1 atom stereocenters. The Kier molecular flexibility index (Phi) is 7.46. The lowest BCUT2D eigenvalue weighted by molar-refractivity contribution is -0.192. The fraction of sp³-hybridized carbons (Fsp3) is 0.286. The van der Waals surface area contributed by atoms with Crippen LogP contribution in [0.15, 0.2) is 52.3 Å². The highest BCUT2D eigenvalue weighted by atomic mass is 19.4. The molecule has 0 spiro atoms. The van der Waals surface area contributed by atoms with E-state index in [1.807, 2.05) is 0 Å². The molecule has 1 amide bonds. The quantitative estimate of drug-likeness (QED) is 0.441. The van der Waals surface area contributed by atoms with Gasteiger partial charge in [-0.05, 0) is 36.7 Å². The molecule has 4 N–H and O–H groups in total. The Morgan fingerprint density at radius 2 is 1.91 bits per heavy atom. The van der Waals surface area contributed by atoms with Crippen molar-refractivity contribution in [3.63, 3.8) is 0 Å². The number of nitrogens with one attached hydrogen (secondary N) is 3. The smallest absolute Gasteiger partial charge is 0.475 e. The van der Waals surface area contributed by atoms with Crippen molar-refractivity contribution >= 4 is 28.5 Å². The van der Waals surface area contributed by atoms with Crippen LogP contribution in [-0.2, 0) is 16.1 Å². The van der Waals surface area contributed by atoms with E-state index in [0.29, 0.717) is 23.1 Å². The Hall–Kier alpha value is -4.00. The third kappa shape index (κ3) is 6.07. The number of carboxylic acid groups (broad SMARTS) is 1. The Morgan fingerprint density at radius 3 is 2.56 bits per heavy atom. The number of hydrogen-bond donors (Lipinski definition) is 4. The van der Waals surface area contributed by atoms with Gasteiger partial charge >= 0.3 is 17.8 Å². The SMILES string of the molecule is O=C(Nc1cncc(Cn2c(=O)[nH]c(=O)c3ccccc32)c1)[C@H]1CCNC1.O=C(O)C(F)(F)F. The summed E-state index contributed by atoms with van der Waals surface area (Å²) in [6.45, 7) is 1.76. The number of fused-ring (bicyclic) bond motifs is 1. The van der Waals surface area contributed by atoms with Crippen molar-refractivity contribution in [2.24, 2.45) is 5.92 Å². The summed E-state index contributed by atoms with van der Waals surface area (Å²) in [4.78, 5) is 52.0. The molecule has 1 fully saturated rings. The van der Waals surface area contributed by atoms with Gasteiger partial charge in [0.1, 0.15) is 0 Å². The van der Waals surface area contributed by atoms with Gasteiger partial charge in [-0.1, -0.05) is 12.1 Å². The fourth-order valence-electron chi connectivity index (χ4n) is 3.35. The second-order valence-corrected chi connectivity index (χ2v) is 7.43. The predicted octanol–water partition coefficient (Wildman–Crippen LogP) is 1.31. The highest BCUT2D eigenvalue weighted by Crippen LogP contribution is 2.15. The summed E-state index contributed by atoms with van der Waals surface area (Å²) in [7, 11) is 0. The number of rotatable bonds is 4. The van der Waals surface area contributed by atoms with Gasteiger partial charge in [0.2, 0.25) is 5.91 Å². The summed E-state index contributed by atoms with van der Waals surface area (Å²) in [5.74, 6) is -2.84. The van der Waals surface area contributed by atoms with Gasteiger partial charge in [-0.2, -0.15) is 13.2 Å². The minimum atomic E-state index is -5.08. The number of carbonyl (C=O) groups excluding carboxylic acids is 1. The number of aromatic nitrogens is 3. The number of alkyl halides is 3. The lowest BCUT2D eigenvalue weighted by atomic mass is 10.1. The van der Waals surface area contributed by atoms with E-state index in [-0.39, 0.29) is 18.4 Å². The maximum atomic E-state index is 12.3. The minimum Gasteiger partial charge on any atom is -0.475 e. The summed E-state index contributed by atoms with van der Waals surface area (Å²) in [5.41, 5.74) is 1.00. The van der Waals surface area contributed by atoms with E-state index in [4.69, 9.17) is 9.90 Å². The highest BCUT2D eigenvalue weighted by Gasteiger charge is 2.38. The van der Waals surface area contributed by atoms with Gasteiger partial charge < -0.3 is 15.7 Å². The molecule has 0 saturated carbocycles. The summed E-state index contributed by atoms with van der Waals surface area (Å²) in [6.07, 6.45) is -1.05. The van der Waals surface area contributed by atoms with Gasteiger partial charge in [0.25, 0.3) is 5.56 Å². The van der Waals surface area contributed by atoms with Crippen LogP contribution in [0, 0.1) is 5.92 Å². The van der Waals surface area contributed by atoms with Crippen molar-refractivity contribution in [3.05, 3.63) is 69.1 Å². The van der Waals surface area contributed by atoms with Crippen molar-refractivity contribution < 1.29 is 27.9 Å². The normalized spacial score (nSPS) is 15.4. The van der Waals surface area contributed by atoms with Crippen LogP contribution in [0.25, 0.3) is 10.9 Å². The predicted molar refractivity (Wildman–Crippen MR) is 115 cm³/mol. The molecule has 0 bridgehead atoms. The fourth-order valence-corrected chi connectivity index (χ4v) is 3.35. The maximum Gasteiger partial charge on any atom is 0.490 e. The third-order valence-corrected chi connectivity index (χ3v) is 4.98. The molecule has 4 rings (SSSR count). The van der Waals surface area contributed by atoms with Crippen molar-refractivity contribution in [3.8, 4) is 0 Å². The number of aliphatic carboxylic acids is 1. The van der Waals surface area contributed by atoms with Crippen molar-refractivity contribution in [2.45, 2.75) is 19.1 Å². The molecule has 0 unspecified atom stereocenters. The van der Waals surface area contributed by atoms with E-state index in [0.717, 1.165) is 18.5 Å². The molecular weight excluding hydrogens is 459 g/mol. The summed E-state index contributed by atoms with van der Waals surface area (Å²) < 4.78 is 33.2. The summed E-state index contributed by atoms with van der Waals surface area (Å²) >= 11 is 0. The number of pyridine rings is 1. The Bertz CT molecular complexity index is 1310. The number of halogens is 3. The van der Waals surface area contributed by atoms with E-state index in [2.05, 4.69) is 20.6 Å². The van der Waals surface area contributed by atoms with Crippen LogP contribution >= 0.6 is 0 Å². The van der Waals surface area contributed by atoms with Gasteiger partial charge in [-0.25, -0.2) is 9.59 Å². The molecule has 2 aromatic heterocycles. The zero-order valence-corrected chi connectivity index (χ0v) is 17.6. The first kappa shape index (κ1) is 24.6. The van der Waals surface area contributed by atoms with Crippen molar-refractivity contribution in [2.75, 3.05) is 18.4 Å². The molecule has 180 valence electrons. The first-order valence-corrected chi connectivity index (χ1v) is 10.0. The number of carbonyl (C=O) groups is 2. The van der Waals surface area contributed by atoms with Crippen molar-refractivity contribution in [1.82, 2.24) is 19.9 Å². The third-order valence-electron chi connectivity index (χ3n) is 4.98. The lowest BCUT2D eigenvalue weighted by Gasteiger charge is -2.12. The molecule has 10 nitrogen and oxygen atoms in total. The molecule has 3 aromatic rings. The van der Waals surface area contributed by atoms with Crippen LogP contribution in [-0.4, -0.2) is 50.8 Å². The summed E-state index contributed by atoms with van der Waals surface area (Å²) in [5, 5.41) is 13.6. The average molecular weight is 479 g/mol. The molecule has 0 radical (unpaired) electrons. The van der Waals surface area contributed by atoms with Crippen molar-refractivity contribution in [1.29, 1.82) is 0 Å². The Morgan fingerprint density at radius 1 is 1.21 bits per heavy atom. The van der Waals surface area contributed by atoms with E-state index >= 15 is 0 Å². The van der Waals surface area contributed by atoms with E-state index in [9.17, 15) is 27.6 Å². The topological polar surface area (TPSA) is 146 Å². The first-order valence-electron chi connectivity index (χ1n) is 10.0. The molecule has 3 heterocycles. The Balaban J connectivity index is 0.000000406. The number of carboxylic acids is 1. The van der Waals surface area contributed by atoms with E-state index < -0.39 is 23.4 Å². The van der Waals surface area contributed by atoms with Crippen LogP contribution in [0.1, 0.15) is 12.0 Å². The minimum absolute atomic E-state index is 0.0365. The molecular formula is C21H20F3N5O5. The van der Waals surface area contributed by atoms with Crippen LogP contribution < -0.4 is 21.9 Å². The monoisotopic (exact) mass is 479 g/mol. The second kappa shape index (κ2) is 10.3. The van der Waals surface area contributed by atoms with Gasteiger partial charge in [-0.3, -0.25) is 24.1 Å². The number of para-hydroxylation sites is 1. The van der Waals surface area contributed by atoms with Gasteiger partial charge in [0, 0.05) is 12.7 Å². The molecule has 13 heteroatoms. The number of benzene rings is 1.